The molecule has 0 saturated carbocycles. The summed E-state index contributed by atoms with van der Waals surface area (Å²) in [7, 11) is 0. The number of carbonyl (C=O) groups is 1. The van der Waals surface area contributed by atoms with Crippen LogP contribution in [0.1, 0.15) is 4.88 Å². The number of carbonyl (C=O) groups excluding carboxylic acids is 1. The van der Waals surface area contributed by atoms with E-state index in [0.29, 0.717) is 25.0 Å². The molecule has 4 nitrogen and oxygen atoms in total. The smallest absolute Gasteiger partial charge is 0.279 e. The summed E-state index contributed by atoms with van der Waals surface area (Å²) in [5, 5.41) is 12.1. The highest BCUT2D eigenvalue weighted by Crippen LogP contribution is 2.36. The van der Waals surface area contributed by atoms with Gasteiger partial charge in [-0.15, -0.1) is 11.3 Å². The number of fused-ring (bicyclic) bond motifs is 1. The van der Waals surface area contributed by atoms with Crippen LogP contribution in [0.25, 0.3) is 11.3 Å². The number of amides is 1. The van der Waals surface area contributed by atoms with E-state index in [2.05, 4.69) is 20.9 Å². The molecular formula is C17H9BrN2O2S2. The van der Waals surface area contributed by atoms with Crippen LogP contribution in [0.2, 0.25) is 0 Å². The molecule has 24 heavy (non-hydrogen) atoms. The van der Waals surface area contributed by atoms with Gasteiger partial charge in [0.1, 0.15) is 4.88 Å². The first-order valence-electron chi connectivity index (χ1n) is 7.00. The van der Waals surface area contributed by atoms with Gasteiger partial charge in [0, 0.05) is 9.69 Å². The molecule has 2 aromatic carbocycles. The van der Waals surface area contributed by atoms with E-state index in [1.807, 2.05) is 42.5 Å². The minimum Gasteiger partial charge on any atom is -0.493 e. The molecule has 118 valence electrons. The third-order valence-corrected chi connectivity index (χ3v) is 5.77. The van der Waals surface area contributed by atoms with Crippen molar-refractivity contribution < 1.29 is 9.90 Å². The van der Waals surface area contributed by atoms with E-state index >= 15 is 0 Å². The van der Waals surface area contributed by atoms with E-state index in [1.165, 1.54) is 11.3 Å². The molecule has 0 saturated heterocycles. The monoisotopic (exact) mass is 416 g/mol. The number of thiazole rings is 1. The fraction of sp³-hybridized carbons (Fsp3) is 0. The van der Waals surface area contributed by atoms with E-state index in [1.54, 1.807) is 10.6 Å². The molecule has 0 bridgehead atoms. The number of hydrogen-bond acceptors (Lipinski definition) is 4. The van der Waals surface area contributed by atoms with E-state index in [-0.39, 0.29) is 11.8 Å². The third-order valence-electron chi connectivity index (χ3n) is 3.72. The van der Waals surface area contributed by atoms with Crippen LogP contribution in [-0.2, 0) is 4.79 Å². The number of hydrogen-bond donors (Lipinski definition) is 1. The Morgan fingerprint density at radius 1 is 1.12 bits per heavy atom. The first-order valence-corrected chi connectivity index (χ1v) is 9.02. The second kappa shape index (κ2) is 5.77. The van der Waals surface area contributed by atoms with Crippen LogP contribution in [0.3, 0.4) is 0 Å². The van der Waals surface area contributed by atoms with Crippen LogP contribution in [0, 0.1) is 3.95 Å². The zero-order valence-electron chi connectivity index (χ0n) is 12.1. The van der Waals surface area contributed by atoms with Gasteiger partial charge in [-0.3, -0.25) is 9.36 Å². The van der Waals surface area contributed by atoms with Crippen LogP contribution in [-0.4, -0.2) is 15.6 Å². The fourth-order valence-electron chi connectivity index (χ4n) is 2.66. The summed E-state index contributed by atoms with van der Waals surface area (Å²) in [5.74, 6) is -0.408. The van der Waals surface area contributed by atoms with Crippen molar-refractivity contribution in [1.29, 1.82) is 0 Å². The van der Waals surface area contributed by atoms with E-state index in [4.69, 9.17) is 12.2 Å². The van der Waals surface area contributed by atoms with Crippen molar-refractivity contribution in [3.8, 4) is 11.6 Å². The second-order valence-electron chi connectivity index (χ2n) is 5.12. The number of para-hydroxylation sites is 2. The van der Waals surface area contributed by atoms with Gasteiger partial charge in [0.25, 0.3) is 5.91 Å². The predicted octanol–water partition coefficient (Wildman–Crippen LogP) is 3.10. The van der Waals surface area contributed by atoms with Crippen molar-refractivity contribution in [3.05, 3.63) is 72.4 Å². The number of aromatic hydroxyl groups is 1. The highest BCUT2D eigenvalue weighted by atomic mass is 79.9. The lowest BCUT2D eigenvalue weighted by Crippen LogP contribution is -2.22. The number of aromatic nitrogens is 1. The molecule has 2 heterocycles. The van der Waals surface area contributed by atoms with E-state index in [0.717, 1.165) is 10.2 Å². The van der Waals surface area contributed by atoms with Crippen molar-refractivity contribution in [2.45, 2.75) is 0 Å². The molecular weight excluding hydrogens is 408 g/mol. The molecule has 4 rings (SSSR count). The zero-order chi connectivity index (χ0) is 16.8. The van der Waals surface area contributed by atoms with Crippen molar-refractivity contribution in [2.75, 3.05) is 0 Å². The largest absolute Gasteiger partial charge is 0.493 e. The summed E-state index contributed by atoms with van der Waals surface area (Å²) in [6, 6.07) is 14.7. The highest BCUT2D eigenvalue weighted by molar-refractivity contribution is 9.10. The van der Waals surface area contributed by atoms with Crippen molar-refractivity contribution >= 4 is 51.0 Å². The van der Waals surface area contributed by atoms with E-state index in [9.17, 15) is 9.90 Å². The van der Waals surface area contributed by atoms with Gasteiger partial charge in [-0.25, -0.2) is 4.99 Å². The fourth-order valence-corrected chi connectivity index (χ4v) is 4.49. The van der Waals surface area contributed by atoms with Gasteiger partial charge in [0.2, 0.25) is 5.88 Å². The number of halogens is 1. The molecule has 3 aromatic rings. The standard InChI is InChI=1S/C17H9BrN2O2S2/c18-10-6-2-4-8-12(10)20-16(22)14(24-17(20)23)13-9-5-1-3-7-11(9)19-15(13)21/h1-8,22H. The molecule has 1 aromatic heterocycles. The van der Waals surface area contributed by atoms with Gasteiger partial charge >= 0.3 is 0 Å². The maximum absolute atomic E-state index is 12.3. The molecule has 0 atom stereocenters. The van der Waals surface area contributed by atoms with Gasteiger partial charge in [-0.1, -0.05) is 30.3 Å². The predicted molar refractivity (Wildman–Crippen MR) is 98.6 cm³/mol. The number of nitrogens with zero attached hydrogens (tertiary/aromatic N) is 2. The number of rotatable bonds is 2. The highest BCUT2D eigenvalue weighted by Gasteiger charge is 2.25. The summed E-state index contributed by atoms with van der Waals surface area (Å²) in [6.45, 7) is 0. The van der Waals surface area contributed by atoms with Crippen molar-refractivity contribution in [3.63, 3.8) is 0 Å². The molecule has 1 amide bonds. The van der Waals surface area contributed by atoms with Crippen LogP contribution in [0.15, 0.2) is 58.0 Å². The molecule has 0 spiro atoms. The van der Waals surface area contributed by atoms with Gasteiger partial charge < -0.3 is 5.11 Å². The first-order chi connectivity index (χ1) is 11.6. The molecule has 0 aliphatic carbocycles. The zero-order valence-corrected chi connectivity index (χ0v) is 15.3. The Morgan fingerprint density at radius 3 is 2.62 bits per heavy atom. The molecule has 7 heteroatoms. The quantitative estimate of drug-likeness (QED) is 0.653. The van der Waals surface area contributed by atoms with Crippen LogP contribution in [0.4, 0.5) is 0 Å². The molecule has 1 aliphatic rings. The maximum atomic E-state index is 12.3. The second-order valence-corrected chi connectivity index (χ2v) is 7.62. The Morgan fingerprint density at radius 2 is 1.83 bits per heavy atom. The lowest BCUT2D eigenvalue weighted by Gasteiger charge is -2.07. The Hall–Kier alpha value is -2.09. The first kappa shape index (κ1) is 15.4. The van der Waals surface area contributed by atoms with Crippen LogP contribution >= 0.6 is 39.5 Å². The summed E-state index contributed by atoms with van der Waals surface area (Å²) in [6.07, 6.45) is 0. The van der Waals surface area contributed by atoms with Gasteiger partial charge in [-0.05, 0) is 46.3 Å². The topological polar surface area (TPSA) is 54.6 Å². The SMILES string of the molecule is O=C1N=c2ccccc2=C1c1sc(=S)n(-c2ccccc2Br)c1O. The normalized spacial score (nSPS) is 13.0. The average molecular weight is 417 g/mol. The maximum Gasteiger partial charge on any atom is 0.279 e. The molecule has 0 fully saturated rings. The average Bonchev–Trinajstić information content (AvgIpc) is 3.04. The van der Waals surface area contributed by atoms with Gasteiger partial charge in [0.05, 0.1) is 16.6 Å². The molecule has 1 N–H and O–H groups in total. The molecule has 1 aliphatic heterocycles. The van der Waals surface area contributed by atoms with E-state index < -0.39 is 0 Å². The summed E-state index contributed by atoms with van der Waals surface area (Å²) in [4.78, 5) is 16.8. The van der Waals surface area contributed by atoms with Crippen molar-refractivity contribution in [2.24, 2.45) is 4.99 Å². The van der Waals surface area contributed by atoms with Crippen LogP contribution < -0.4 is 10.6 Å². The summed E-state index contributed by atoms with van der Waals surface area (Å²) in [5.41, 5.74) is 1.11. The summed E-state index contributed by atoms with van der Waals surface area (Å²) < 4.78 is 2.81. The lowest BCUT2D eigenvalue weighted by molar-refractivity contribution is -0.112. The van der Waals surface area contributed by atoms with Crippen molar-refractivity contribution in [1.82, 2.24) is 4.57 Å². The Bertz CT molecular complexity index is 1180. The minimum atomic E-state index is -0.359. The number of benzene rings is 2. The van der Waals surface area contributed by atoms with Gasteiger partial charge in [0.15, 0.2) is 3.95 Å². The van der Waals surface area contributed by atoms with Crippen LogP contribution in [0.5, 0.6) is 5.88 Å². The molecule has 0 unspecified atom stereocenters. The Balaban J connectivity index is 2.04. The third kappa shape index (κ3) is 2.28. The van der Waals surface area contributed by atoms with Gasteiger partial charge in [-0.2, -0.15) is 0 Å². The lowest BCUT2D eigenvalue weighted by atomic mass is 10.1. The Labute approximate surface area is 154 Å². The molecule has 0 radical (unpaired) electrons. The minimum absolute atomic E-state index is 0.0489. The summed E-state index contributed by atoms with van der Waals surface area (Å²) >= 11 is 10.1. The Kier molecular flexibility index (Phi) is 3.71.